The van der Waals surface area contributed by atoms with Crippen LogP contribution in [0.4, 0.5) is 21.2 Å². The summed E-state index contributed by atoms with van der Waals surface area (Å²) >= 11 is 0. The number of benzene rings is 2. The molecule has 2 aliphatic heterocycles. The van der Waals surface area contributed by atoms with Crippen molar-refractivity contribution in [3.05, 3.63) is 75.6 Å². The summed E-state index contributed by atoms with van der Waals surface area (Å²) in [4.78, 5) is 39.2. The molecule has 1 aromatic heterocycles. The van der Waals surface area contributed by atoms with Gasteiger partial charge in [0.1, 0.15) is 6.10 Å². The van der Waals surface area contributed by atoms with Gasteiger partial charge in [0, 0.05) is 60.6 Å². The summed E-state index contributed by atoms with van der Waals surface area (Å²) in [6.07, 6.45) is 0.536. The molecule has 13 nitrogen and oxygen atoms in total. The minimum Gasteiger partial charge on any atom is -0.396 e. The smallest absolute Gasteiger partial charge is 0.269 e. The molecular formula is C30H37FN6O7Si. The van der Waals surface area contributed by atoms with E-state index < -0.39 is 54.4 Å². The first kappa shape index (κ1) is 32.3. The van der Waals surface area contributed by atoms with Crippen LogP contribution >= 0.6 is 0 Å². The molecule has 2 aromatic carbocycles. The van der Waals surface area contributed by atoms with Crippen molar-refractivity contribution >= 4 is 37.3 Å². The molecule has 5 rings (SSSR count). The lowest BCUT2D eigenvalue weighted by molar-refractivity contribution is -0.385. The second-order valence-electron chi connectivity index (χ2n) is 12.2. The van der Waals surface area contributed by atoms with Gasteiger partial charge in [0.2, 0.25) is 8.41 Å². The van der Waals surface area contributed by atoms with Gasteiger partial charge in [0.15, 0.2) is 5.60 Å². The number of aromatic nitrogens is 3. The average Bonchev–Trinajstić information content (AvgIpc) is 3.62. The van der Waals surface area contributed by atoms with Crippen LogP contribution in [-0.2, 0) is 39.4 Å². The zero-order chi connectivity index (χ0) is 32.7. The van der Waals surface area contributed by atoms with E-state index >= 15 is 4.11 Å². The molecule has 3 heterocycles. The summed E-state index contributed by atoms with van der Waals surface area (Å²) in [5.41, 5.74) is 0.144. The molecule has 1 fully saturated rings. The second kappa shape index (κ2) is 12.4. The number of nitrogens with one attached hydrogen (secondary N) is 1. The Morgan fingerprint density at radius 1 is 1.27 bits per heavy atom. The van der Waals surface area contributed by atoms with Gasteiger partial charge >= 0.3 is 0 Å². The lowest BCUT2D eigenvalue weighted by atomic mass is 9.82. The van der Waals surface area contributed by atoms with Crippen molar-refractivity contribution in [3.8, 4) is 0 Å². The first-order valence-corrected chi connectivity index (χ1v) is 17.8. The van der Waals surface area contributed by atoms with Crippen molar-refractivity contribution in [2.24, 2.45) is 5.92 Å². The largest absolute Gasteiger partial charge is 0.396 e. The number of aryl methyl sites for hydroxylation is 1. The predicted molar refractivity (Wildman–Crippen MR) is 165 cm³/mol. The first-order chi connectivity index (χ1) is 21.3. The maximum absolute atomic E-state index is 16.1. The molecule has 15 heteroatoms. The summed E-state index contributed by atoms with van der Waals surface area (Å²) in [5, 5.41) is 41.2. The number of ether oxygens (including phenoxy) is 1. The molecule has 0 bridgehead atoms. The van der Waals surface area contributed by atoms with Crippen molar-refractivity contribution in [1.29, 1.82) is 0 Å². The zero-order valence-corrected chi connectivity index (χ0v) is 26.5. The summed E-state index contributed by atoms with van der Waals surface area (Å²) in [5.74, 6) is -1.61. The van der Waals surface area contributed by atoms with Crippen LogP contribution in [0.2, 0.25) is 18.6 Å². The van der Waals surface area contributed by atoms with E-state index in [-0.39, 0.29) is 18.8 Å². The van der Waals surface area contributed by atoms with Crippen molar-refractivity contribution in [2.75, 3.05) is 16.8 Å². The molecule has 5 atom stereocenters. The molecule has 0 saturated carbocycles. The third kappa shape index (κ3) is 6.12. The Morgan fingerprint density at radius 2 is 1.98 bits per heavy atom. The van der Waals surface area contributed by atoms with Gasteiger partial charge in [-0.2, -0.15) is 0 Å². The number of hydrogen-bond donors (Lipinski definition) is 3. The van der Waals surface area contributed by atoms with Crippen LogP contribution in [0, 0.1) is 16.0 Å². The van der Waals surface area contributed by atoms with Crippen LogP contribution in [-0.4, -0.2) is 69.2 Å². The van der Waals surface area contributed by atoms with E-state index in [2.05, 4.69) is 15.6 Å². The van der Waals surface area contributed by atoms with E-state index in [0.29, 0.717) is 47.6 Å². The molecule has 240 valence electrons. The number of amides is 2. The van der Waals surface area contributed by atoms with Crippen molar-refractivity contribution < 1.29 is 33.6 Å². The summed E-state index contributed by atoms with van der Waals surface area (Å²) in [6.45, 7) is 6.69. The average molecular weight is 641 g/mol. The molecule has 2 aliphatic rings. The summed E-state index contributed by atoms with van der Waals surface area (Å²) < 4.78 is 24.4. The van der Waals surface area contributed by atoms with Crippen LogP contribution in [0.1, 0.15) is 37.1 Å². The Balaban J connectivity index is 1.49. The van der Waals surface area contributed by atoms with Crippen LogP contribution in [0.25, 0.3) is 0 Å². The molecule has 1 spiro atoms. The third-order valence-electron chi connectivity index (χ3n) is 8.69. The van der Waals surface area contributed by atoms with Gasteiger partial charge in [0.25, 0.3) is 17.5 Å². The third-order valence-corrected chi connectivity index (χ3v) is 11.2. The minimum atomic E-state index is -3.46. The fourth-order valence-electron chi connectivity index (χ4n) is 6.63. The highest BCUT2D eigenvalue weighted by atomic mass is 28.4. The topological polar surface area (TPSA) is 173 Å². The Labute approximate surface area is 260 Å². The number of nitrogens with zero attached hydrogens (tertiary/aromatic N) is 5. The van der Waals surface area contributed by atoms with E-state index in [0.717, 1.165) is 0 Å². The lowest BCUT2D eigenvalue weighted by Crippen LogP contribution is -2.45. The van der Waals surface area contributed by atoms with Crippen LogP contribution in [0.3, 0.4) is 0 Å². The number of carbonyl (C=O) groups excluding carboxylic acids is 2. The van der Waals surface area contributed by atoms with Crippen LogP contribution < -0.4 is 10.2 Å². The summed E-state index contributed by atoms with van der Waals surface area (Å²) in [6, 6.07) is 11.0. The molecule has 0 aliphatic carbocycles. The number of fused-ring (bicyclic) bond motifs is 2. The highest BCUT2D eigenvalue weighted by molar-refractivity contribution is 6.72. The van der Waals surface area contributed by atoms with E-state index in [1.807, 2.05) is 0 Å². The van der Waals surface area contributed by atoms with Crippen molar-refractivity contribution in [2.45, 2.75) is 76.2 Å². The van der Waals surface area contributed by atoms with Gasteiger partial charge in [-0.05, 0) is 50.2 Å². The highest BCUT2D eigenvalue weighted by Crippen LogP contribution is 2.60. The zero-order valence-electron chi connectivity index (χ0n) is 25.5. The predicted octanol–water partition coefficient (Wildman–Crippen LogP) is 3.45. The van der Waals surface area contributed by atoms with Gasteiger partial charge in [-0.25, -0.2) is 0 Å². The number of carbonyl (C=O) groups is 2. The first-order valence-electron chi connectivity index (χ1n) is 14.8. The molecule has 0 unspecified atom stereocenters. The van der Waals surface area contributed by atoms with Gasteiger partial charge in [-0.1, -0.05) is 24.3 Å². The van der Waals surface area contributed by atoms with Gasteiger partial charge in [-0.3, -0.25) is 24.4 Å². The van der Waals surface area contributed by atoms with E-state index in [9.17, 15) is 29.9 Å². The molecular weight excluding hydrogens is 603 g/mol. The second-order valence-corrected chi connectivity index (χ2v) is 16.0. The van der Waals surface area contributed by atoms with Crippen molar-refractivity contribution in [3.63, 3.8) is 0 Å². The number of nitro benzene ring substituents is 1. The number of non-ortho nitro benzene ring substituents is 1. The lowest BCUT2D eigenvalue weighted by Gasteiger charge is -2.31. The SMILES string of the molecule is C[C@H](O)C(=O)Nc1ccc(CN2C(=O)[C@@]3(O[C@@H](CCn4cc(CCO)nn4)[C@H]([Si](C)(C)F)[C@H]3C)c3cc([N+](=O)[O-])ccc32)cc1. The van der Waals surface area contributed by atoms with Crippen LogP contribution in [0.15, 0.2) is 48.7 Å². The molecule has 1 saturated heterocycles. The number of rotatable bonds is 11. The van der Waals surface area contributed by atoms with Gasteiger partial charge in [-0.15, -0.1) is 5.10 Å². The monoisotopic (exact) mass is 640 g/mol. The maximum Gasteiger partial charge on any atom is 0.269 e. The molecule has 2 amide bonds. The van der Waals surface area contributed by atoms with E-state index in [1.165, 1.54) is 30.0 Å². The number of anilines is 2. The van der Waals surface area contributed by atoms with Gasteiger partial charge < -0.3 is 29.3 Å². The standard InChI is InChI=1S/C30H37FN6O7Si/c1-18-27(45(3,4)31)26(11-13-35-17-22(12-14-38)33-34-35)44-30(18)24-15-23(37(42)43)9-10-25(24)36(29(30)41)16-20-5-7-21(8-6-20)32-28(40)19(2)39/h5-10,15,17-19,26-27,38-39H,11-14,16H2,1-4H3,(H,32,40)/t18-,19+,26+,27-,30+/m1/s1. The number of aliphatic hydroxyl groups excluding tert-OH is 2. The number of halogens is 1. The number of nitro groups is 1. The molecule has 45 heavy (non-hydrogen) atoms. The Hall–Kier alpha value is -4.05. The number of aliphatic hydroxyl groups is 2. The van der Waals surface area contributed by atoms with Crippen LogP contribution in [0.5, 0.6) is 0 Å². The maximum atomic E-state index is 16.1. The molecule has 0 radical (unpaired) electrons. The van der Waals surface area contributed by atoms with E-state index in [1.54, 1.807) is 55.2 Å². The Bertz CT molecular complexity index is 1590. The quantitative estimate of drug-likeness (QED) is 0.123. The fourth-order valence-corrected chi connectivity index (χ4v) is 9.18. The minimum absolute atomic E-state index is 0.0674. The van der Waals surface area contributed by atoms with Crippen molar-refractivity contribution in [1.82, 2.24) is 15.0 Å². The Morgan fingerprint density at radius 3 is 2.60 bits per heavy atom. The van der Waals surface area contributed by atoms with Gasteiger partial charge in [0.05, 0.1) is 29.0 Å². The highest BCUT2D eigenvalue weighted by Gasteiger charge is 2.66. The fraction of sp³-hybridized carbons (Fsp3) is 0.467. The summed E-state index contributed by atoms with van der Waals surface area (Å²) in [7, 11) is -3.46. The Kier molecular flexibility index (Phi) is 8.90. The normalized spacial score (nSPS) is 23.4. The molecule has 3 aromatic rings. The van der Waals surface area contributed by atoms with E-state index in [4.69, 9.17) is 4.74 Å². The molecule has 3 N–H and O–H groups in total. The number of hydrogen-bond acceptors (Lipinski definition) is 9.